The molecule has 11 N–H and O–H groups in total. The number of fused-ring (bicyclic) bond motifs is 7. The van der Waals surface area contributed by atoms with E-state index in [1.807, 2.05) is 93.4 Å². The molecule has 0 radical (unpaired) electrons. The number of carbonyl (C=O) groups excluding carboxylic acids is 3. The molecule has 740 valence electrons. The zero-order chi connectivity index (χ0) is 103. The number of anilines is 5. The molecule has 3 amide bonds. The number of aromatic nitrogens is 3. The fourth-order valence-corrected chi connectivity index (χ4v) is 23.1. The van der Waals surface area contributed by atoms with Gasteiger partial charge in [0.05, 0.1) is 59.0 Å². The predicted octanol–water partition coefficient (Wildman–Crippen LogP) is 19.3. The van der Waals surface area contributed by atoms with Gasteiger partial charge in [-0.25, -0.2) is 28.7 Å². The predicted molar refractivity (Wildman–Crippen MR) is 564 cm³/mol. The second-order valence-corrected chi connectivity index (χ2v) is 41.9. The highest BCUT2D eigenvalue weighted by Crippen LogP contribution is 2.60. The second-order valence-electron chi connectivity index (χ2n) is 38.0. The largest absolute Gasteiger partial charge is 0.508 e. The monoisotopic (exact) mass is 2000 g/mol. The van der Waals surface area contributed by atoms with Crippen LogP contribution in [-0.2, 0) is 35.8 Å². The Bertz CT molecular complexity index is 8100. The van der Waals surface area contributed by atoms with Gasteiger partial charge in [-0.3, -0.25) is 23.7 Å². The molecule has 2 aromatic heterocycles. The number of nitrogens with one attached hydrogen (secondary N) is 3. The molecular formula is C112H107N11O19P2S. The average Bonchev–Trinajstić information content (AvgIpc) is 0.734. The van der Waals surface area contributed by atoms with Gasteiger partial charge in [0.15, 0.2) is 5.43 Å². The molecule has 6 heterocycles. The maximum absolute atomic E-state index is 15.9. The zero-order valence-electron chi connectivity index (χ0n) is 82.1. The standard InChI is InChI=1S/C112H107N11O19P2S/c1-15-87-82-52-91-84(50-80(82)61(3)54-111(87,5)6)99(85-51-81-62(4)55-112(7,8)123(16-2)88(81)53-92(85)140-91)100-96(66-27-36-73(37-28-66)121(13)14)103(95(65-25-34-72(35-26-65)120(11)12)94(101(100)110(131)132)64-23-32-71(33-24-64)119(9)10)145-76-40-29-68(30-41-76)106(126)115-56-63-19-21-67(22-20-63)107(127)116-57-86-89(125)45-44-79-98(78-43-38-74(124)49-90(78)141-102(79)86)83-48-69(31-42-77(83)109(129)130)108(128)114-47-17-18-70-58-122(105-97(70)104(113)117-60-118-105)93-46-39-75(139-93)59-138-144(136,137)142-143(133,134)135/h19-38,40-45,48-55,58,60,75,93,124H,15-16,39,46-47,56-57,59H2,1-14H3,(H,114,128)(H,115,126)(H,116,127)(H,129,130)(H,131,132)(H,136,137)(H2,113,117,118)(H2,133,134,135). The first kappa shape index (κ1) is 99.9. The van der Waals surface area contributed by atoms with E-state index in [0.717, 1.165) is 88.4 Å². The average molecular weight is 2010 g/mol. The highest BCUT2D eigenvalue weighted by atomic mass is 32.2. The lowest BCUT2D eigenvalue weighted by atomic mass is 9.74. The number of carboxylic acid groups (broad SMARTS) is 2. The minimum Gasteiger partial charge on any atom is -0.508 e. The van der Waals surface area contributed by atoms with Crippen molar-refractivity contribution >= 4 is 130 Å². The highest BCUT2D eigenvalue weighted by Gasteiger charge is 2.42. The lowest BCUT2D eigenvalue weighted by Gasteiger charge is -2.43. The van der Waals surface area contributed by atoms with Crippen molar-refractivity contribution in [2.75, 3.05) is 87.3 Å². The Kier molecular flexibility index (Phi) is 27.2. The number of phenolic OH excluding ortho intramolecular Hbond substituents is 1. The van der Waals surface area contributed by atoms with Gasteiger partial charge >= 0.3 is 27.6 Å². The Labute approximate surface area is 840 Å². The number of phosphoric ester groups is 1. The third kappa shape index (κ3) is 19.8. The number of nitrogens with two attached hydrogens (primary N) is 1. The van der Waals surface area contributed by atoms with E-state index in [2.05, 4.69) is 187 Å². The molecule has 145 heavy (non-hydrogen) atoms. The molecule has 18 rings (SSSR count). The third-order valence-electron chi connectivity index (χ3n) is 27.0. The highest BCUT2D eigenvalue weighted by molar-refractivity contribution is 7.99. The number of carbonyl (C=O) groups is 5. The second kappa shape index (κ2) is 39.5. The summed E-state index contributed by atoms with van der Waals surface area (Å²) in [6, 6.07) is 58.1. The number of benzene rings is 11. The number of phosphoric acid groups is 2. The summed E-state index contributed by atoms with van der Waals surface area (Å²) in [7, 11) is 1.37. The fraction of sp³-hybridized carbons (Fsp3) is 0.232. The van der Waals surface area contributed by atoms with Crippen molar-refractivity contribution in [2.24, 2.45) is 5.41 Å². The Morgan fingerprint density at radius 1 is 0.614 bits per heavy atom. The molecule has 12 aromatic rings. The van der Waals surface area contributed by atoms with E-state index in [1.54, 1.807) is 47.2 Å². The van der Waals surface area contributed by atoms with Crippen molar-refractivity contribution in [1.82, 2.24) is 30.5 Å². The number of allylic oxidation sites excluding steroid dienone is 3. The number of hydrogen-bond acceptors (Lipinski definition) is 22. The summed E-state index contributed by atoms with van der Waals surface area (Å²) in [5.74, 6) is 2.68. The van der Waals surface area contributed by atoms with Gasteiger partial charge in [-0.1, -0.05) is 111 Å². The summed E-state index contributed by atoms with van der Waals surface area (Å²) in [4.78, 5) is 133. The van der Waals surface area contributed by atoms with Crippen LogP contribution >= 0.6 is 27.4 Å². The Balaban J connectivity index is 0.640. The smallest absolute Gasteiger partial charge is 0.481 e. The summed E-state index contributed by atoms with van der Waals surface area (Å²) >= 11 is 1.48. The van der Waals surface area contributed by atoms with E-state index in [-0.39, 0.29) is 97.9 Å². The molecule has 4 aliphatic heterocycles. The molecule has 2 aliphatic carbocycles. The summed E-state index contributed by atoms with van der Waals surface area (Å²) in [5.41, 5.74) is 22.4. The van der Waals surface area contributed by atoms with E-state index in [1.165, 1.54) is 72.2 Å². The molecule has 0 saturated carbocycles. The minimum atomic E-state index is -5.37. The summed E-state index contributed by atoms with van der Waals surface area (Å²) in [6.07, 6.45) is 7.31. The van der Waals surface area contributed by atoms with Crippen molar-refractivity contribution in [2.45, 2.75) is 115 Å². The molecule has 1 saturated heterocycles. The molecule has 6 aliphatic rings. The molecule has 1 fully saturated rings. The number of nitrogen functional groups attached to an aromatic ring is 1. The lowest BCUT2D eigenvalue weighted by molar-refractivity contribution is -0.0202. The van der Waals surface area contributed by atoms with E-state index in [4.69, 9.17) is 33.9 Å². The molecule has 3 unspecified atom stereocenters. The Morgan fingerprint density at radius 2 is 1.22 bits per heavy atom. The van der Waals surface area contributed by atoms with Crippen molar-refractivity contribution < 1.29 is 85.8 Å². The van der Waals surface area contributed by atoms with Crippen molar-refractivity contribution in [3.05, 3.63) is 306 Å². The first-order chi connectivity index (χ1) is 69.0. The summed E-state index contributed by atoms with van der Waals surface area (Å²) in [5, 5.41) is 45.7. The normalized spacial score (nSPS) is 15.4. The Morgan fingerprint density at radius 3 is 1.83 bits per heavy atom. The molecule has 0 bridgehead atoms. The maximum Gasteiger partial charge on any atom is 0.481 e. The number of aromatic carboxylic acids is 2. The van der Waals surface area contributed by atoms with Gasteiger partial charge in [0.2, 0.25) is 0 Å². The fourth-order valence-electron chi connectivity index (χ4n) is 20.3. The first-order valence-corrected chi connectivity index (χ1v) is 51.0. The van der Waals surface area contributed by atoms with Gasteiger partial charge in [0, 0.05) is 189 Å². The number of hydrogen-bond donors (Lipinski definition) is 10. The van der Waals surface area contributed by atoms with Gasteiger partial charge in [0.1, 0.15) is 52.6 Å². The number of ether oxygens (including phenoxy) is 2. The zero-order valence-corrected chi connectivity index (χ0v) is 84.7. The third-order valence-corrected chi connectivity index (χ3v) is 30.3. The number of aromatic hydroxyl groups is 1. The molecule has 3 atom stereocenters. The van der Waals surface area contributed by atoms with Gasteiger partial charge in [-0.05, 0) is 237 Å². The van der Waals surface area contributed by atoms with E-state index in [0.29, 0.717) is 91.0 Å². The number of rotatable bonds is 28. The van der Waals surface area contributed by atoms with E-state index in [9.17, 15) is 53.3 Å². The van der Waals surface area contributed by atoms with E-state index < -0.39 is 76.2 Å². The molecule has 10 aromatic carbocycles. The van der Waals surface area contributed by atoms with Crippen LogP contribution in [-0.4, -0.2) is 148 Å². The van der Waals surface area contributed by atoms with Crippen molar-refractivity contribution in [3.8, 4) is 84.9 Å². The van der Waals surface area contributed by atoms with Crippen LogP contribution in [0.4, 0.5) is 28.6 Å². The number of nitrogens with zero attached hydrogens (tertiary/aromatic N) is 7. The van der Waals surface area contributed by atoms with Crippen LogP contribution in [0.3, 0.4) is 0 Å². The van der Waals surface area contributed by atoms with Crippen LogP contribution < -0.4 is 61.9 Å². The van der Waals surface area contributed by atoms with Crippen LogP contribution in [0, 0.1) is 17.3 Å². The maximum atomic E-state index is 15.9. The number of likely N-dealkylation sites (N-methyl/N-ethyl adjacent to an activating group) is 1. The van der Waals surface area contributed by atoms with Crippen molar-refractivity contribution in [3.63, 3.8) is 0 Å². The lowest BCUT2D eigenvalue weighted by Crippen LogP contribution is -2.45. The Hall–Kier alpha value is -15.2. The summed E-state index contributed by atoms with van der Waals surface area (Å²) < 4.78 is 53.6. The number of amides is 3. The molecule has 30 nitrogen and oxygen atoms in total. The van der Waals surface area contributed by atoms with Gasteiger partial charge < -0.3 is 89.7 Å². The van der Waals surface area contributed by atoms with Crippen molar-refractivity contribution in [1.29, 1.82) is 0 Å². The molecular weight excluding hydrogens is 1900 g/mol. The van der Waals surface area contributed by atoms with E-state index >= 15 is 4.79 Å². The SMILES string of the molecule is CCC1=c2cc3c(cc2C(C)=CC1(C)C)=C(c1c(C(=O)O)c(-c2ccc(N(C)C)cc2)c(-c2ccc(N(C)C)cc2)c(Sc2ccc(C(=O)NCc4ccc(C(=O)NCc5c6oc7cc(O)ccc7c(-c7cc(C(=O)NCC#Cc8cn(C9CCC(COP(=O)(O)OP(=O)(O)O)O9)c9ncnc(N)c89)ccc7C(=O)O)c-6ccc5=O)cc4)cc2)c1-c1ccc(N(C)C)cc1)c1cc2c(cc1O3)N(CC)C(C)(C)C=C2C. The van der Waals surface area contributed by atoms with Gasteiger partial charge in [-0.2, -0.15) is 4.31 Å². The topological polar surface area (TPSA) is 414 Å². The van der Waals surface area contributed by atoms with Crippen LogP contribution in [0.1, 0.15) is 172 Å². The van der Waals surface area contributed by atoms with Crippen LogP contribution in [0.5, 0.6) is 17.2 Å². The molecule has 33 heteroatoms. The van der Waals surface area contributed by atoms with Gasteiger partial charge in [-0.15, -0.1) is 0 Å². The number of carboxylic acids is 2. The molecule has 0 spiro atoms. The van der Waals surface area contributed by atoms with Crippen LogP contribution in [0.25, 0.3) is 100 Å². The first-order valence-electron chi connectivity index (χ1n) is 47.1. The van der Waals surface area contributed by atoms with Gasteiger partial charge in [0.25, 0.3) is 17.7 Å². The summed E-state index contributed by atoms with van der Waals surface area (Å²) in [6.45, 7) is 17.1. The number of phenols is 1. The van der Waals surface area contributed by atoms with Crippen LogP contribution in [0.2, 0.25) is 0 Å². The van der Waals surface area contributed by atoms with Crippen LogP contribution in [0.15, 0.2) is 238 Å². The minimum absolute atomic E-state index is 0.00189. The quantitative estimate of drug-likeness (QED) is 0.0124.